The first-order valence-corrected chi connectivity index (χ1v) is 12.7. The van der Waals surface area contributed by atoms with Crippen molar-refractivity contribution in [3.63, 3.8) is 0 Å². The third-order valence-electron chi connectivity index (χ3n) is 5.25. The van der Waals surface area contributed by atoms with E-state index in [9.17, 15) is 19.1 Å². The van der Waals surface area contributed by atoms with Crippen LogP contribution < -0.4 is 10.5 Å². The molecule has 0 fully saturated rings. The lowest BCUT2D eigenvalue weighted by molar-refractivity contribution is 0.0117. The lowest BCUT2D eigenvalue weighted by atomic mass is 10.1. The Labute approximate surface area is 231 Å². The van der Waals surface area contributed by atoms with Gasteiger partial charge in [0.15, 0.2) is 5.15 Å². The van der Waals surface area contributed by atoms with Crippen molar-refractivity contribution >= 4 is 40.4 Å². The molecule has 0 radical (unpaired) electrons. The molecule has 3 rings (SSSR count). The number of nitrogens with zero attached hydrogens (tertiary/aromatic N) is 3. The van der Waals surface area contributed by atoms with Crippen LogP contribution in [0.3, 0.4) is 0 Å². The van der Waals surface area contributed by atoms with E-state index in [0.29, 0.717) is 22.2 Å². The molecule has 1 amide bonds. The van der Waals surface area contributed by atoms with Gasteiger partial charge in [0.2, 0.25) is 0 Å². The Kier molecular flexibility index (Phi) is 8.97. The van der Waals surface area contributed by atoms with Crippen LogP contribution in [-0.4, -0.2) is 62.9 Å². The van der Waals surface area contributed by atoms with Crippen LogP contribution in [0.4, 0.5) is 19.7 Å². The Morgan fingerprint density at radius 2 is 1.77 bits per heavy atom. The lowest BCUT2D eigenvalue weighted by Crippen LogP contribution is -2.41. The van der Waals surface area contributed by atoms with Crippen molar-refractivity contribution in [1.82, 2.24) is 14.7 Å². The van der Waals surface area contributed by atoms with Crippen molar-refractivity contribution in [3.05, 3.63) is 52.9 Å². The second kappa shape index (κ2) is 11.7. The minimum atomic E-state index is -1.15. The van der Waals surface area contributed by atoms with Crippen LogP contribution in [0.2, 0.25) is 5.15 Å². The summed E-state index contributed by atoms with van der Waals surface area (Å²) in [5, 5.41) is 15.5. The number of anilines is 1. The molecule has 1 aromatic heterocycles. The second-order valence-corrected chi connectivity index (χ2v) is 11.3. The van der Waals surface area contributed by atoms with Gasteiger partial charge in [-0.2, -0.15) is 4.68 Å². The maximum absolute atomic E-state index is 13.6. The quantitative estimate of drug-likeness (QED) is 0.358. The van der Waals surface area contributed by atoms with E-state index in [4.69, 9.17) is 31.5 Å². The highest BCUT2D eigenvalue weighted by atomic mass is 35.5. The van der Waals surface area contributed by atoms with Gasteiger partial charge < -0.3 is 30.0 Å². The molecule has 0 spiro atoms. The third kappa shape index (κ3) is 8.21. The molecule has 1 atom stereocenters. The number of nitrogens with two attached hydrogens (primary N) is 1. The van der Waals surface area contributed by atoms with Crippen LogP contribution in [0.25, 0.3) is 10.9 Å². The highest BCUT2D eigenvalue weighted by molar-refractivity contribution is 6.34. The summed E-state index contributed by atoms with van der Waals surface area (Å²) in [6.07, 6.45) is -2.50. The molecule has 1 unspecified atom stereocenters. The second-order valence-electron chi connectivity index (χ2n) is 10.9. The van der Waals surface area contributed by atoms with Crippen LogP contribution in [0, 0.1) is 5.82 Å². The minimum Gasteiger partial charge on any atom is -0.492 e. The number of amides is 1. The van der Waals surface area contributed by atoms with Crippen LogP contribution in [-0.2, 0) is 9.47 Å². The van der Waals surface area contributed by atoms with E-state index >= 15 is 0 Å². The van der Waals surface area contributed by atoms with Crippen molar-refractivity contribution in [3.8, 4) is 5.75 Å². The molecule has 1 heterocycles. The van der Waals surface area contributed by atoms with Crippen LogP contribution in [0.15, 0.2) is 36.4 Å². The van der Waals surface area contributed by atoms with Crippen molar-refractivity contribution in [1.29, 1.82) is 0 Å². The predicted molar refractivity (Wildman–Crippen MR) is 145 cm³/mol. The molecular formula is C27H34ClFN4O6. The number of nitrogen functional groups attached to an aromatic ring is 1. The summed E-state index contributed by atoms with van der Waals surface area (Å²) in [4.78, 5) is 26.8. The molecular weight excluding hydrogens is 531 g/mol. The van der Waals surface area contributed by atoms with Gasteiger partial charge in [0.25, 0.3) is 0 Å². The molecule has 3 aromatic rings. The zero-order valence-electron chi connectivity index (χ0n) is 22.8. The highest BCUT2D eigenvalue weighted by Crippen LogP contribution is 2.28. The van der Waals surface area contributed by atoms with Crippen molar-refractivity contribution in [2.24, 2.45) is 0 Å². The Bertz CT molecular complexity index is 1350. The van der Waals surface area contributed by atoms with Gasteiger partial charge >= 0.3 is 12.2 Å². The number of benzene rings is 2. The molecule has 12 heteroatoms. The number of carbonyl (C=O) groups is 2. The topological polar surface area (TPSA) is 129 Å². The summed E-state index contributed by atoms with van der Waals surface area (Å²) in [6, 6.07) is 8.77. The first-order valence-electron chi connectivity index (χ1n) is 12.3. The number of hydrogen-bond acceptors (Lipinski definition) is 8. The number of aliphatic hydroxyl groups excluding tert-OH is 1. The standard InChI is InChI=1S/C27H34ClFN4O6/c1-26(2,3)38-24(35)32(15-22(34)16-7-10-19(29)20(30)13-16)11-12-37-17-8-9-18-21(14-17)33(31-23(18)28)25(36)39-27(4,5)6/h7-10,13-14,22,34H,11-12,15,30H2,1-6H3. The van der Waals surface area contributed by atoms with Crippen LogP contribution in [0.5, 0.6) is 5.75 Å². The molecule has 0 aliphatic carbocycles. The number of fused-ring (bicyclic) bond motifs is 1. The van der Waals surface area contributed by atoms with Crippen LogP contribution >= 0.6 is 11.6 Å². The Balaban J connectivity index is 1.76. The average molecular weight is 565 g/mol. The number of hydrogen-bond donors (Lipinski definition) is 2. The number of carbonyl (C=O) groups excluding carboxylic acids is 2. The Morgan fingerprint density at radius 3 is 2.38 bits per heavy atom. The maximum atomic E-state index is 13.6. The van der Waals surface area contributed by atoms with Gasteiger partial charge in [-0.15, -0.1) is 5.10 Å². The van der Waals surface area contributed by atoms with E-state index in [0.717, 1.165) is 10.7 Å². The maximum Gasteiger partial charge on any atom is 0.435 e. The van der Waals surface area contributed by atoms with Gasteiger partial charge in [-0.05, 0) is 71.4 Å². The van der Waals surface area contributed by atoms with Gasteiger partial charge in [-0.3, -0.25) is 0 Å². The van der Waals surface area contributed by atoms with Gasteiger partial charge in [0.05, 0.1) is 30.4 Å². The average Bonchev–Trinajstić information content (AvgIpc) is 3.14. The molecule has 39 heavy (non-hydrogen) atoms. The zero-order chi connectivity index (χ0) is 29.1. The van der Waals surface area contributed by atoms with Gasteiger partial charge in [-0.25, -0.2) is 14.0 Å². The van der Waals surface area contributed by atoms with E-state index in [-0.39, 0.29) is 30.5 Å². The predicted octanol–water partition coefficient (Wildman–Crippen LogP) is 5.54. The van der Waals surface area contributed by atoms with Crippen molar-refractivity contribution in [2.45, 2.75) is 58.8 Å². The molecule has 3 N–H and O–H groups in total. The normalized spacial score (nSPS) is 12.7. The molecule has 0 saturated heterocycles. The summed E-state index contributed by atoms with van der Waals surface area (Å²) in [5.74, 6) is -0.213. The number of aliphatic hydroxyl groups is 1. The number of ether oxygens (including phenoxy) is 3. The molecule has 10 nitrogen and oxygen atoms in total. The van der Waals surface area contributed by atoms with Gasteiger partial charge in [0, 0.05) is 11.5 Å². The molecule has 0 bridgehead atoms. The summed E-state index contributed by atoms with van der Waals surface area (Å²) in [6.45, 7) is 10.3. The molecule has 0 saturated carbocycles. The number of halogens is 2. The van der Waals surface area contributed by atoms with E-state index < -0.39 is 35.3 Å². The SMILES string of the molecule is CC(C)(C)OC(=O)N(CCOc1ccc2c(Cl)nn(C(=O)OC(C)(C)C)c2c1)CC(O)c1ccc(F)c(N)c1. The van der Waals surface area contributed by atoms with Crippen LogP contribution in [0.1, 0.15) is 53.2 Å². The van der Waals surface area contributed by atoms with Crippen molar-refractivity contribution in [2.75, 3.05) is 25.4 Å². The summed E-state index contributed by atoms with van der Waals surface area (Å²) < 4.78 is 31.4. The zero-order valence-corrected chi connectivity index (χ0v) is 23.6. The highest BCUT2D eigenvalue weighted by Gasteiger charge is 2.26. The molecule has 0 aliphatic rings. The third-order valence-corrected chi connectivity index (χ3v) is 5.53. The largest absolute Gasteiger partial charge is 0.492 e. The van der Waals surface area contributed by atoms with Crippen molar-refractivity contribution < 1.29 is 33.3 Å². The fourth-order valence-corrected chi connectivity index (χ4v) is 3.77. The van der Waals surface area contributed by atoms with Gasteiger partial charge in [0.1, 0.15) is 29.4 Å². The minimum absolute atomic E-state index is 0.0251. The number of aromatic nitrogens is 2. The smallest absolute Gasteiger partial charge is 0.435 e. The Morgan fingerprint density at radius 1 is 1.10 bits per heavy atom. The monoisotopic (exact) mass is 564 g/mol. The van der Waals surface area contributed by atoms with E-state index in [2.05, 4.69) is 5.10 Å². The summed E-state index contributed by atoms with van der Waals surface area (Å²) in [7, 11) is 0. The van der Waals surface area contributed by atoms with E-state index in [1.165, 1.54) is 17.0 Å². The summed E-state index contributed by atoms with van der Waals surface area (Å²) >= 11 is 6.21. The fourth-order valence-electron chi connectivity index (χ4n) is 3.53. The fraction of sp³-hybridized carbons (Fsp3) is 0.444. The molecule has 0 aliphatic heterocycles. The first kappa shape index (κ1) is 30.0. The summed E-state index contributed by atoms with van der Waals surface area (Å²) in [5.41, 5.74) is 4.75. The lowest BCUT2D eigenvalue weighted by Gasteiger charge is -2.29. The molecule has 212 valence electrons. The van der Waals surface area contributed by atoms with Gasteiger partial charge in [-0.1, -0.05) is 17.7 Å². The molecule has 2 aromatic carbocycles. The number of rotatable bonds is 7. The van der Waals surface area contributed by atoms with E-state index in [1.807, 2.05) is 0 Å². The van der Waals surface area contributed by atoms with E-state index in [1.54, 1.807) is 59.7 Å². The Hall–Kier alpha value is -3.57. The first-order chi connectivity index (χ1) is 18.0.